The number of aryl methyl sites for hydroxylation is 2. The normalized spacial score (nSPS) is 12.5. The number of aliphatic hydroxyl groups is 1. The first kappa shape index (κ1) is 14.2. The van der Waals surface area contributed by atoms with Crippen LogP contribution in [0.1, 0.15) is 22.9 Å². The van der Waals surface area contributed by atoms with Crippen molar-refractivity contribution in [3.05, 3.63) is 45.2 Å². The van der Waals surface area contributed by atoms with Crippen LogP contribution >= 0.6 is 23.2 Å². The van der Waals surface area contributed by atoms with E-state index in [4.69, 9.17) is 27.9 Å². The van der Waals surface area contributed by atoms with Gasteiger partial charge in [0.15, 0.2) is 0 Å². The van der Waals surface area contributed by atoms with Crippen LogP contribution in [0.2, 0.25) is 10.2 Å². The summed E-state index contributed by atoms with van der Waals surface area (Å²) in [5.74, 6) is 0.510. The first-order valence-electron chi connectivity index (χ1n) is 5.66. The molecule has 2 aromatic rings. The zero-order valence-electron chi connectivity index (χ0n) is 10.8. The van der Waals surface area contributed by atoms with E-state index in [0.29, 0.717) is 32.7 Å². The third-order valence-corrected chi connectivity index (χ3v) is 3.83. The predicted molar refractivity (Wildman–Crippen MR) is 75.0 cm³/mol. The summed E-state index contributed by atoms with van der Waals surface area (Å²) < 4.78 is 6.66. The molecular formula is C13H14Cl2N2O2. The van der Waals surface area contributed by atoms with Crippen LogP contribution < -0.4 is 4.74 Å². The molecule has 0 unspecified atom stereocenters. The molecule has 19 heavy (non-hydrogen) atoms. The van der Waals surface area contributed by atoms with Crippen molar-refractivity contribution < 1.29 is 9.84 Å². The van der Waals surface area contributed by atoms with Gasteiger partial charge in [0.25, 0.3) is 0 Å². The third-order valence-electron chi connectivity index (χ3n) is 2.98. The average molecular weight is 301 g/mol. The van der Waals surface area contributed by atoms with Gasteiger partial charge >= 0.3 is 0 Å². The molecule has 1 N–H and O–H groups in total. The van der Waals surface area contributed by atoms with Crippen molar-refractivity contribution in [1.82, 2.24) is 9.78 Å². The number of benzene rings is 1. The lowest BCUT2D eigenvalue weighted by atomic mass is 10.0. The Morgan fingerprint density at radius 1 is 1.37 bits per heavy atom. The molecule has 0 radical (unpaired) electrons. The maximum Gasteiger partial charge on any atom is 0.137 e. The average Bonchev–Trinajstić information content (AvgIpc) is 2.63. The number of halogens is 2. The summed E-state index contributed by atoms with van der Waals surface area (Å²) in [7, 11) is 3.25. The molecule has 4 nitrogen and oxygen atoms in total. The summed E-state index contributed by atoms with van der Waals surface area (Å²) in [6.07, 6.45) is -0.941. The van der Waals surface area contributed by atoms with Gasteiger partial charge in [-0.2, -0.15) is 5.10 Å². The Balaban J connectivity index is 2.53. The molecule has 6 heteroatoms. The number of hydrogen-bond donors (Lipinski definition) is 1. The second kappa shape index (κ2) is 5.41. The summed E-state index contributed by atoms with van der Waals surface area (Å²) in [6, 6.07) is 5.23. The highest BCUT2D eigenvalue weighted by atomic mass is 35.5. The number of rotatable bonds is 3. The van der Waals surface area contributed by atoms with Gasteiger partial charge in [0.2, 0.25) is 0 Å². The minimum absolute atomic E-state index is 0.372. The molecule has 0 aliphatic rings. The Hall–Kier alpha value is -1.23. The molecule has 1 aromatic heterocycles. The Labute approximate surface area is 121 Å². The summed E-state index contributed by atoms with van der Waals surface area (Å²) in [5, 5.41) is 15.4. The topological polar surface area (TPSA) is 47.3 Å². The summed E-state index contributed by atoms with van der Waals surface area (Å²) in [5.41, 5.74) is 1.76. The van der Waals surface area contributed by atoms with E-state index >= 15 is 0 Å². The van der Waals surface area contributed by atoms with Crippen LogP contribution in [0.4, 0.5) is 0 Å². The number of nitrogens with zero attached hydrogens (tertiary/aromatic N) is 2. The van der Waals surface area contributed by atoms with E-state index in [1.54, 1.807) is 32.2 Å². The number of aromatic nitrogens is 2. The van der Waals surface area contributed by atoms with E-state index in [0.717, 1.165) is 0 Å². The van der Waals surface area contributed by atoms with Crippen LogP contribution in [0.3, 0.4) is 0 Å². The maximum absolute atomic E-state index is 10.5. The molecule has 0 saturated carbocycles. The van der Waals surface area contributed by atoms with Crippen LogP contribution in [0.15, 0.2) is 18.2 Å². The van der Waals surface area contributed by atoms with Gasteiger partial charge in [0.05, 0.1) is 17.8 Å². The van der Waals surface area contributed by atoms with Gasteiger partial charge in [0, 0.05) is 18.2 Å². The summed E-state index contributed by atoms with van der Waals surface area (Å²) >= 11 is 12.4. The molecule has 0 saturated heterocycles. The zero-order chi connectivity index (χ0) is 14.2. The molecule has 0 aliphatic carbocycles. The van der Waals surface area contributed by atoms with Gasteiger partial charge in [-0.25, -0.2) is 0 Å². The Kier molecular flexibility index (Phi) is 4.04. The first-order chi connectivity index (χ1) is 8.97. The van der Waals surface area contributed by atoms with Crippen LogP contribution in [0.25, 0.3) is 0 Å². The Bertz CT molecular complexity index is 611. The van der Waals surface area contributed by atoms with E-state index in [1.807, 2.05) is 0 Å². The second-order valence-corrected chi connectivity index (χ2v) is 4.92. The van der Waals surface area contributed by atoms with Crippen molar-refractivity contribution in [2.24, 2.45) is 7.05 Å². The number of hydrogen-bond acceptors (Lipinski definition) is 3. The lowest BCUT2D eigenvalue weighted by molar-refractivity contribution is 0.219. The lowest BCUT2D eigenvalue weighted by Crippen LogP contribution is -2.03. The highest BCUT2D eigenvalue weighted by Gasteiger charge is 2.23. The van der Waals surface area contributed by atoms with Gasteiger partial charge in [-0.3, -0.25) is 4.68 Å². The highest BCUT2D eigenvalue weighted by molar-refractivity contribution is 6.33. The molecule has 102 valence electrons. The monoisotopic (exact) mass is 300 g/mol. The van der Waals surface area contributed by atoms with Gasteiger partial charge < -0.3 is 9.84 Å². The van der Waals surface area contributed by atoms with Gasteiger partial charge in [-0.15, -0.1) is 0 Å². The van der Waals surface area contributed by atoms with E-state index in [-0.39, 0.29) is 0 Å². The number of aliphatic hydroxyl groups excluding tert-OH is 1. The molecule has 1 heterocycles. The lowest BCUT2D eigenvalue weighted by Gasteiger charge is -2.14. The minimum Gasteiger partial charge on any atom is -0.495 e. The van der Waals surface area contributed by atoms with Crippen molar-refractivity contribution in [2.75, 3.05) is 7.11 Å². The molecule has 0 fully saturated rings. The van der Waals surface area contributed by atoms with Crippen LogP contribution in [-0.2, 0) is 7.05 Å². The number of ether oxygens (including phenoxy) is 1. The van der Waals surface area contributed by atoms with E-state index in [2.05, 4.69) is 5.10 Å². The molecule has 0 spiro atoms. The fourth-order valence-electron chi connectivity index (χ4n) is 2.01. The molecular weight excluding hydrogens is 287 g/mol. The van der Waals surface area contributed by atoms with Crippen molar-refractivity contribution in [1.29, 1.82) is 0 Å². The fourth-order valence-corrected chi connectivity index (χ4v) is 2.59. The third kappa shape index (κ3) is 2.43. The molecule has 2 rings (SSSR count). The van der Waals surface area contributed by atoms with Crippen molar-refractivity contribution >= 4 is 23.2 Å². The largest absolute Gasteiger partial charge is 0.495 e. The van der Waals surface area contributed by atoms with Crippen molar-refractivity contribution in [2.45, 2.75) is 13.0 Å². The second-order valence-electron chi connectivity index (χ2n) is 4.18. The molecule has 0 bridgehead atoms. The maximum atomic E-state index is 10.5. The molecule has 0 amide bonds. The van der Waals surface area contributed by atoms with Crippen LogP contribution in [0.5, 0.6) is 5.75 Å². The molecule has 0 aliphatic heterocycles. The zero-order valence-corrected chi connectivity index (χ0v) is 12.3. The van der Waals surface area contributed by atoms with Crippen LogP contribution in [-0.4, -0.2) is 22.0 Å². The van der Waals surface area contributed by atoms with Crippen molar-refractivity contribution in [3.8, 4) is 5.75 Å². The Morgan fingerprint density at radius 3 is 2.58 bits per heavy atom. The van der Waals surface area contributed by atoms with E-state index < -0.39 is 6.10 Å². The fraction of sp³-hybridized carbons (Fsp3) is 0.308. The summed E-state index contributed by atoms with van der Waals surface area (Å²) in [4.78, 5) is 0. The summed E-state index contributed by atoms with van der Waals surface area (Å²) in [6.45, 7) is 1.79. The minimum atomic E-state index is -0.941. The van der Waals surface area contributed by atoms with Crippen molar-refractivity contribution in [3.63, 3.8) is 0 Å². The van der Waals surface area contributed by atoms with E-state index in [9.17, 15) is 5.11 Å². The molecule has 1 aromatic carbocycles. The van der Waals surface area contributed by atoms with Gasteiger partial charge in [-0.1, -0.05) is 35.3 Å². The highest BCUT2D eigenvalue weighted by Crippen LogP contribution is 2.37. The molecule has 1 atom stereocenters. The predicted octanol–water partition coefficient (Wildman–Crippen LogP) is 3.13. The SMILES string of the molecule is COc1cccc([C@H](O)c2c(C)nn(C)c2Cl)c1Cl. The Morgan fingerprint density at radius 2 is 2.05 bits per heavy atom. The van der Waals surface area contributed by atoms with Crippen LogP contribution in [0, 0.1) is 6.92 Å². The number of methoxy groups -OCH3 is 1. The quantitative estimate of drug-likeness (QED) is 0.947. The van der Waals surface area contributed by atoms with E-state index in [1.165, 1.54) is 11.8 Å². The smallest absolute Gasteiger partial charge is 0.137 e. The van der Waals surface area contributed by atoms with Gasteiger partial charge in [-0.05, 0) is 13.0 Å². The van der Waals surface area contributed by atoms with Gasteiger partial charge in [0.1, 0.15) is 17.0 Å². The standard InChI is InChI=1S/C13H14Cl2N2O2/c1-7-10(13(15)17(2)16-7)12(18)8-5-4-6-9(19-3)11(8)14/h4-6,12,18H,1-3H3/t12-/m0/s1. The first-order valence-corrected chi connectivity index (χ1v) is 6.42.